The van der Waals surface area contributed by atoms with E-state index in [2.05, 4.69) is 20.6 Å². The van der Waals surface area contributed by atoms with Gasteiger partial charge in [0.1, 0.15) is 11.6 Å². The molecule has 0 saturated heterocycles. The number of ketones is 2. The molecular formula is C52H63N7O7. The van der Waals surface area contributed by atoms with E-state index in [9.17, 15) is 33.6 Å². The number of carbonyl (C=O) groups excluding carboxylic acids is 7. The van der Waals surface area contributed by atoms with Crippen molar-refractivity contribution < 1.29 is 33.6 Å². The van der Waals surface area contributed by atoms with Gasteiger partial charge in [0.2, 0.25) is 11.8 Å². The summed E-state index contributed by atoms with van der Waals surface area (Å²) in [6.45, 7) is 5.62. The second kappa shape index (κ2) is 24.1. The molecule has 0 radical (unpaired) electrons. The zero-order chi connectivity index (χ0) is 47.0. The minimum Gasteiger partial charge on any atom is -0.387 e. The molecule has 0 spiro atoms. The number of aromatic nitrogens is 1. The topological polar surface area (TPSA) is 201 Å². The molecule has 66 heavy (non-hydrogen) atoms. The van der Waals surface area contributed by atoms with Crippen molar-refractivity contribution in [1.29, 1.82) is 0 Å². The molecule has 1 aromatic heterocycles. The van der Waals surface area contributed by atoms with Gasteiger partial charge in [0.15, 0.2) is 5.78 Å². The van der Waals surface area contributed by atoms with E-state index >= 15 is 0 Å². The quantitative estimate of drug-likeness (QED) is 0.0648. The predicted molar refractivity (Wildman–Crippen MR) is 254 cm³/mol. The molecule has 3 aromatic rings. The Morgan fingerprint density at radius 3 is 2.29 bits per heavy atom. The number of unbranched alkanes of at least 4 members (excludes halogenated alkanes) is 3. The largest absolute Gasteiger partial charge is 0.387 e. The Morgan fingerprint density at radius 1 is 0.848 bits per heavy atom. The Hall–Kier alpha value is -6.57. The number of amidine groups is 1. The van der Waals surface area contributed by atoms with Gasteiger partial charge in [0.25, 0.3) is 17.7 Å². The number of imide groups is 1. The average molecular weight is 898 g/mol. The number of hydrogen-bond donors (Lipinski definition) is 3. The first-order valence-electron chi connectivity index (χ1n) is 23.5. The van der Waals surface area contributed by atoms with Gasteiger partial charge in [0.05, 0.1) is 23.6 Å². The summed E-state index contributed by atoms with van der Waals surface area (Å²) in [5.74, 6) is -0.463. The number of hydrogen-bond acceptors (Lipinski definition) is 10. The highest BCUT2D eigenvalue weighted by molar-refractivity contribution is 6.13. The van der Waals surface area contributed by atoms with Crippen LogP contribution in [0.1, 0.15) is 124 Å². The number of nitrogens with one attached hydrogen (secondary N) is 2. The van der Waals surface area contributed by atoms with Crippen LogP contribution in [0.3, 0.4) is 0 Å². The van der Waals surface area contributed by atoms with Gasteiger partial charge < -0.3 is 21.3 Å². The van der Waals surface area contributed by atoms with E-state index in [4.69, 9.17) is 5.73 Å². The molecule has 1 saturated carbocycles. The van der Waals surface area contributed by atoms with E-state index in [0.717, 1.165) is 62.5 Å². The van der Waals surface area contributed by atoms with Crippen LogP contribution in [0.25, 0.3) is 6.08 Å². The molecule has 3 aliphatic rings. The molecule has 2 aliphatic heterocycles. The van der Waals surface area contributed by atoms with Crippen LogP contribution < -0.4 is 16.4 Å². The number of Topliss-reactive ketones (excluding diaryl/α,β-unsaturated/α-hetero) is 2. The standard InChI is InChI=1S/C52H63N7O7/c1-3-26-58(4-2)52(66)41-29-39-21-22-40(30-43(39)56-47(53)31-41)51(65)55-42-27-37(32-54-33-42)18-23-46(61)44(28-35-12-8-7-9-13-35)57-48(62)15-11-6-5-10-14-45(60)38-19-16-36(17-20-38)34-59-49(63)24-25-50(59)64/h7-9,12-13,21-22,24-25,27,29-30,32-33,36,38,44H,3-6,10-11,14-20,23,26,28,31,34H2,1-2H3,(H2,53,56)(H,55,65)(H,57,62). The van der Waals surface area contributed by atoms with Gasteiger partial charge in [-0.1, -0.05) is 56.2 Å². The summed E-state index contributed by atoms with van der Waals surface area (Å²) < 4.78 is 0. The zero-order valence-corrected chi connectivity index (χ0v) is 38.3. The first-order chi connectivity index (χ1) is 31.9. The summed E-state index contributed by atoms with van der Waals surface area (Å²) in [6.07, 6.45) is 16.5. The van der Waals surface area contributed by atoms with Gasteiger partial charge in [-0.25, -0.2) is 4.99 Å². The van der Waals surface area contributed by atoms with E-state index in [-0.39, 0.29) is 78.0 Å². The van der Waals surface area contributed by atoms with Gasteiger partial charge in [-0.15, -0.1) is 0 Å². The van der Waals surface area contributed by atoms with Crippen LogP contribution in [-0.2, 0) is 41.6 Å². The second-order valence-electron chi connectivity index (χ2n) is 17.6. The molecule has 348 valence electrons. The van der Waals surface area contributed by atoms with Gasteiger partial charge in [0, 0.05) is 86.3 Å². The number of aryl methyl sites for hydroxylation is 1. The molecule has 5 amide bonds. The fourth-order valence-electron chi connectivity index (χ4n) is 8.92. The maximum absolute atomic E-state index is 13.7. The molecule has 14 heteroatoms. The molecule has 0 bridgehead atoms. The monoisotopic (exact) mass is 897 g/mol. The summed E-state index contributed by atoms with van der Waals surface area (Å²) in [5, 5.41) is 5.89. The summed E-state index contributed by atoms with van der Waals surface area (Å²) >= 11 is 0. The number of nitrogens with two attached hydrogens (primary N) is 1. The molecule has 1 fully saturated rings. The Balaban J connectivity index is 0.949. The molecule has 2 aromatic carbocycles. The van der Waals surface area contributed by atoms with Crippen LogP contribution in [-0.4, -0.2) is 87.4 Å². The van der Waals surface area contributed by atoms with Crippen LogP contribution in [0.2, 0.25) is 0 Å². The van der Waals surface area contributed by atoms with Crippen LogP contribution in [0.4, 0.5) is 11.4 Å². The van der Waals surface area contributed by atoms with Crippen molar-refractivity contribution >= 4 is 64.4 Å². The predicted octanol–water partition coefficient (Wildman–Crippen LogP) is 7.24. The van der Waals surface area contributed by atoms with E-state index in [1.54, 1.807) is 41.4 Å². The van der Waals surface area contributed by atoms with Crippen LogP contribution in [0, 0.1) is 11.8 Å². The zero-order valence-electron chi connectivity index (χ0n) is 38.3. The highest BCUT2D eigenvalue weighted by Crippen LogP contribution is 2.32. The van der Waals surface area contributed by atoms with Crippen molar-refractivity contribution in [3.8, 4) is 0 Å². The van der Waals surface area contributed by atoms with E-state index in [1.807, 2.05) is 44.2 Å². The molecule has 4 N–H and O–H groups in total. The molecule has 3 heterocycles. The lowest BCUT2D eigenvalue weighted by Crippen LogP contribution is -2.42. The SMILES string of the molecule is CCCN(CC)C(=O)C1=Cc2ccc(C(=O)Nc3cncc(CCC(=O)C(Cc4ccccc4)NC(=O)CCCCCCC(=O)C4CCC(CN5C(=O)C=CC5=O)CC4)c3)cc2N=C(N)C1. The Bertz CT molecular complexity index is 2330. The molecular weight excluding hydrogens is 835 g/mol. The highest BCUT2D eigenvalue weighted by Gasteiger charge is 2.31. The first-order valence-corrected chi connectivity index (χ1v) is 23.5. The number of aliphatic imine (C=N–C) groups is 1. The van der Waals surface area contributed by atoms with Gasteiger partial charge >= 0.3 is 0 Å². The highest BCUT2D eigenvalue weighted by atomic mass is 16.2. The van der Waals surface area contributed by atoms with Crippen molar-refractivity contribution in [3.05, 3.63) is 107 Å². The minimum absolute atomic E-state index is 0.0263. The van der Waals surface area contributed by atoms with Crippen LogP contribution >= 0.6 is 0 Å². The number of fused-ring (bicyclic) bond motifs is 1. The van der Waals surface area contributed by atoms with Crippen LogP contribution in [0.15, 0.2) is 89.7 Å². The minimum atomic E-state index is -0.715. The third kappa shape index (κ3) is 14.0. The van der Waals surface area contributed by atoms with Crippen LogP contribution in [0.5, 0.6) is 0 Å². The number of rotatable bonds is 23. The third-order valence-electron chi connectivity index (χ3n) is 12.6. The number of amides is 5. The van der Waals surface area contributed by atoms with Crippen molar-refractivity contribution in [2.24, 2.45) is 22.6 Å². The number of pyridine rings is 1. The lowest BCUT2D eigenvalue weighted by atomic mass is 9.79. The van der Waals surface area contributed by atoms with Crippen molar-refractivity contribution in [2.45, 2.75) is 116 Å². The third-order valence-corrected chi connectivity index (χ3v) is 12.6. The molecule has 6 rings (SSSR count). The van der Waals surface area contributed by atoms with Crippen molar-refractivity contribution in [2.75, 3.05) is 25.0 Å². The number of benzene rings is 2. The van der Waals surface area contributed by atoms with E-state index in [1.165, 1.54) is 23.2 Å². The normalized spacial score (nSPS) is 17.3. The number of nitrogens with zero attached hydrogens (tertiary/aromatic N) is 4. The van der Waals surface area contributed by atoms with Gasteiger partial charge in [-0.05, 0) is 106 Å². The number of likely N-dealkylation sites (N-methyl/N-ethyl adjacent to an activating group) is 1. The summed E-state index contributed by atoms with van der Waals surface area (Å²) in [6, 6.07) is 15.7. The average Bonchev–Trinajstić information content (AvgIpc) is 3.52. The summed E-state index contributed by atoms with van der Waals surface area (Å²) in [5.41, 5.74) is 10.4. The van der Waals surface area contributed by atoms with E-state index in [0.29, 0.717) is 73.4 Å². The first kappa shape index (κ1) is 48.9. The van der Waals surface area contributed by atoms with Crippen molar-refractivity contribution in [3.63, 3.8) is 0 Å². The summed E-state index contributed by atoms with van der Waals surface area (Å²) in [7, 11) is 0. The molecule has 1 aliphatic carbocycles. The Labute approximate surface area is 387 Å². The fourth-order valence-corrected chi connectivity index (χ4v) is 8.92. The molecule has 14 nitrogen and oxygen atoms in total. The number of carbonyl (C=O) groups is 7. The van der Waals surface area contributed by atoms with Crippen molar-refractivity contribution in [1.82, 2.24) is 20.1 Å². The van der Waals surface area contributed by atoms with Gasteiger partial charge in [-0.2, -0.15) is 0 Å². The van der Waals surface area contributed by atoms with E-state index < -0.39 is 6.04 Å². The Kier molecular flexibility index (Phi) is 17.8. The summed E-state index contributed by atoms with van der Waals surface area (Å²) in [4.78, 5) is 102. The maximum atomic E-state index is 13.7. The lowest BCUT2D eigenvalue weighted by molar-refractivity contribution is -0.138. The maximum Gasteiger partial charge on any atom is 0.255 e. The Morgan fingerprint density at radius 2 is 1.58 bits per heavy atom. The fraction of sp³-hybridized carbons (Fsp3) is 0.442. The second-order valence-corrected chi connectivity index (χ2v) is 17.6. The molecule has 1 unspecified atom stereocenters. The molecule has 1 atom stereocenters. The lowest BCUT2D eigenvalue weighted by Gasteiger charge is -2.30. The van der Waals surface area contributed by atoms with Gasteiger partial charge in [-0.3, -0.25) is 43.4 Å². The number of anilines is 1. The smallest absolute Gasteiger partial charge is 0.255 e.